The van der Waals surface area contributed by atoms with Gasteiger partial charge in [-0.15, -0.1) is 0 Å². The van der Waals surface area contributed by atoms with E-state index in [1.54, 1.807) is 0 Å². The van der Waals surface area contributed by atoms with E-state index in [1.165, 1.54) is 49.0 Å². The highest BCUT2D eigenvalue weighted by Crippen LogP contribution is 2.36. The molecule has 0 radical (unpaired) electrons. The maximum absolute atomic E-state index is 2.33. The number of aryl methyl sites for hydroxylation is 1. The summed E-state index contributed by atoms with van der Waals surface area (Å²) >= 11 is 0. The summed E-state index contributed by atoms with van der Waals surface area (Å²) in [5.74, 6) is 0. The Morgan fingerprint density at radius 3 is 1.18 bits per heavy atom. The lowest BCUT2D eigenvalue weighted by molar-refractivity contribution is 1.48. The Balaban J connectivity index is 0.000000246. The van der Waals surface area contributed by atoms with Crippen molar-refractivity contribution in [1.82, 2.24) is 0 Å². The van der Waals surface area contributed by atoms with Crippen molar-refractivity contribution in [3.8, 4) is 11.1 Å². The molecule has 6 aromatic rings. The summed E-state index contributed by atoms with van der Waals surface area (Å²) in [5, 5.41) is 7.95. The second-order valence-electron chi connectivity index (χ2n) is 7.87. The van der Waals surface area contributed by atoms with Gasteiger partial charge in [0.1, 0.15) is 0 Å². The predicted octanol–water partition coefficient (Wildman–Crippen LogP) is 9.83. The first-order valence-corrected chi connectivity index (χ1v) is 11.7. The molecule has 0 unspecified atom stereocenters. The molecule has 0 aliphatic carbocycles. The van der Waals surface area contributed by atoms with Crippen LogP contribution in [0, 0.1) is 6.92 Å². The van der Waals surface area contributed by atoms with Crippen LogP contribution in [0.5, 0.6) is 0 Å². The van der Waals surface area contributed by atoms with Gasteiger partial charge in [0.15, 0.2) is 0 Å². The molecule has 0 heteroatoms. The van der Waals surface area contributed by atoms with Gasteiger partial charge < -0.3 is 0 Å². The fraction of sp³-hybridized carbons (Fsp3) is 0.0909. The first-order valence-electron chi connectivity index (χ1n) is 11.7. The Hall–Kier alpha value is -3.90. The minimum atomic E-state index is 1.26. The molecule has 0 aromatic heterocycles. The molecule has 0 heterocycles. The monoisotopic (exact) mass is 426 g/mol. The van der Waals surface area contributed by atoms with E-state index >= 15 is 0 Å². The molecule has 0 aliphatic rings. The van der Waals surface area contributed by atoms with E-state index in [2.05, 4.69) is 116 Å². The third kappa shape index (κ3) is 4.81. The van der Waals surface area contributed by atoms with Crippen LogP contribution in [-0.4, -0.2) is 0 Å². The molecule has 0 aliphatic heterocycles. The molecule has 162 valence electrons. The number of fused-ring (bicyclic) bond motifs is 6. The molecule has 0 saturated carbocycles. The minimum absolute atomic E-state index is 1.26. The molecular formula is C33H30. The SMILES string of the molecule is CC.Cc1ccccc1.c1ccc(-c2ccc3c4ccccc4c4ccccc4c3c2)cc1. The van der Waals surface area contributed by atoms with Crippen LogP contribution in [0.2, 0.25) is 0 Å². The minimum Gasteiger partial charge on any atom is -0.0683 e. The highest BCUT2D eigenvalue weighted by atomic mass is 14.1. The van der Waals surface area contributed by atoms with E-state index in [4.69, 9.17) is 0 Å². The Bertz CT molecular complexity index is 1430. The first-order chi connectivity index (χ1) is 16.3. The van der Waals surface area contributed by atoms with Crippen LogP contribution in [0.3, 0.4) is 0 Å². The first kappa shape index (κ1) is 22.3. The zero-order chi connectivity index (χ0) is 23.0. The fourth-order valence-electron chi connectivity index (χ4n) is 4.25. The van der Waals surface area contributed by atoms with Crippen molar-refractivity contribution in [2.75, 3.05) is 0 Å². The summed E-state index contributed by atoms with van der Waals surface area (Å²) in [6, 6.07) is 45.1. The zero-order valence-corrected chi connectivity index (χ0v) is 19.6. The van der Waals surface area contributed by atoms with E-state index in [1.807, 2.05) is 32.0 Å². The standard InChI is InChI=1S/C24H16.C7H8.C2H6/c1-2-8-17(9-3-1)18-14-15-23-21-12-5-4-10-19(21)20-11-6-7-13-22(20)24(23)16-18;1-7-5-3-2-4-6-7;1-2/h1-16H;2-6H,1H3;1-2H3. The number of benzene rings is 6. The van der Waals surface area contributed by atoms with Gasteiger partial charge in [-0.2, -0.15) is 0 Å². The van der Waals surface area contributed by atoms with Gasteiger partial charge >= 0.3 is 0 Å². The summed E-state index contributed by atoms with van der Waals surface area (Å²) in [7, 11) is 0. The summed E-state index contributed by atoms with van der Waals surface area (Å²) in [6.07, 6.45) is 0. The maximum Gasteiger partial charge on any atom is -0.00928 e. The summed E-state index contributed by atoms with van der Waals surface area (Å²) in [4.78, 5) is 0. The second-order valence-corrected chi connectivity index (χ2v) is 7.87. The Kier molecular flexibility index (Phi) is 7.17. The average Bonchev–Trinajstić information content (AvgIpc) is 2.91. The third-order valence-corrected chi connectivity index (χ3v) is 5.79. The average molecular weight is 427 g/mol. The lowest BCUT2D eigenvalue weighted by atomic mass is 9.92. The predicted molar refractivity (Wildman–Crippen MR) is 147 cm³/mol. The van der Waals surface area contributed by atoms with Gasteiger partial charge in [-0.05, 0) is 56.4 Å². The van der Waals surface area contributed by atoms with E-state index < -0.39 is 0 Å². The molecule has 0 saturated heterocycles. The zero-order valence-electron chi connectivity index (χ0n) is 19.6. The molecule has 0 fully saturated rings. The topological polar surface area (TPSA) is 0 Å². The molecule has 0 atom stereocenters. The van der Waals surface area contributed by atoms with Crippen LogP contribution in [-0.2, 0) is 0 Å². The van der Waals surface area contributed by atoms with Crippen LogP contribution in [0.1, 0.15) is 19.4 Å². The normalized spacial score (nSPS) is 10.3. The van der Waals surface area contributed by atoms with Crippen LogP contribution in [0.25, 0.3) is 43.4 Å². The molecule has 0 amide bonds. The molecule has 33 heavy (non-hydrogen) atoms. The van der Waals surface area contributed by atoms with Crippen LogP contribution >= 0.6 is 0 Å². The van der Waals surface area contributed by atoms with Crippen LogP contribution in [0.4, 0.5) is 0 Å². The summed E-state index contributed by atoms with van der Waals surface area (Å²) in [5.41, 5.74) is 3.85. The van der Waals surface area contributed by atoms with E-state index in [0.717, 1.165) is 0 Å². The lowest BCUT2D eigenvalue weighted by Crippen LogP contribution is -1.84. The highest BCUT2D eigenvalue weighted by Gasteiger charge is 2.09. The molecule has 0 N–H and O–H groups in total. The van der Waals surface area contributed by atoms with Gasteiger partial charge in [-0.25, -0.2) is 0 Å². The van der Waals surface area contributed by atoms with Crippen molar-refractivity contribution in [2.45, 2.75) is 20.8 Å². The number of hydrogen-bond acceptors (Lipinski definition) is 0. The van der Waals surface area contributed by atoms with Crippen LogP contribution < -0.4 is 0 Å². The molecule has 6 rings (SSSR count). The third-order valence-electron chi connectivity index (χ3n) is 5.79. The Morgan fingerprint density at radius 2 is 0.727 bits per heavy atom. The van der Waals surface area contributed by atoms with E-state index in [-0.39, 0.29) is 0 Å². The Morgan fingerprint density at radius 1 is 0.333 bits per heavy atom. The van der Waals surface area contributed by atoms with Gasteiger partial charge in [0.2, 0.25) is 0 Å². The molecule has 0 spiro atoms. The largest absolute Gasteiger partial charge is 0.0683 e. The van der Waals surface area contributed by atoms with Gasteiger partial charge in [0, 0.05) is 0 Å². The molecule has 6 aromatic carbocycles. The lowest BCUT2D eigenvalue weighted by Gasteiger charge is -2.12. The van der Waals surface area contributed by atoms with Crippen molar-refractivity contribution in [1.29, 1.82) is 0 Å². The number of rotatable bonds is 1. The van der Waals surface area contributed by atoms with Crippen molar-refractivity contribution in [3.05, 3.63) is 133 Å². The van der Waals surface area contributed by atoms with Crippen molar-refractivity contribution in [3.63, 3.8) is 0 Å². The van der Waals surface area contributed by atoms with E-state index in [9.17, 15) is 0 Å². The second kappa shape index (κ2) is 10.6. The van der Waals surface area contributed by atoms with Crippen molar-refractivity contribution < 1.29 is 0 Å². The van der Waals surface area contributed by atoms with Gasteiger partial charge in [-0.1, -0.05) is 141 Å². The van der Waals surface area contributed by atoms with Gasteiger partial charge in [0.25, 0.3) is 0 Å². The van der Waals surface area contributed by atoms with Crippen LogP contribution in [0.15, 0.2) is 127 Å². The molecular weight excluding hydrogens is 396 g/mol. The highest BCUT2D eigenvalue weighted by molar-refractivity contribution is 6.25. The fourth-order valence-corrected chi connectivity index (χ4v) is 4.25. The summed E-state index contributed by atoms with van der Waals surface area (Å²) < 4.78 is 0. The maximum atomic E-state index is 2.33. The van der Waals surface area contributed by atoms with Crippen molar-refractivity contribution in [2.24, 2.45) is 0 Å². The van der Waals surface area contributed by atoms with E-state index in [0.29, 0.717) is 0 Å². The summed E-state index contributed by atoms with van der Waals surface area (Å²) in [6.45, 7) is 6.08. The Labute approximate surface area is 197 Å². The molecule has 0 bridgehead atoms. The number of hydrogen-bond donors (Lipinski definition) is 0. The van der Waals surface area contributed by atoms with Crippen molar-refractivity contribution >= 4 is 32.3 Å². The van der Waals surface area contributed by atoms with Gasteiger partial charge in [0.05, 0.1) is 0 Å². The quantitative estimate of drug-likeness (QED) is 0.229. The smallest absolute Gasteiger partial charge is 0.00928 e. The molecule has 0 nitrogen and oxygen atoms in total. The van der Waals surface area contributed by atoms with Gasteiger partial charge in [-0.3, -0.25) is 0 Å².